The molecule has 1 fully saturated rings. The molecule has 1 heterocycles. The second-order valence-electron chi connectivity index (χ2n) is 17.3. The van der Waals surface area contributed by atoms with Gasteiger partial charge in [0.2, 0.25) is 0 Å². The van der Waals surface area contributed by atoms with Crippen molar-refractivity contribution in [2.45, 2.75) is 70.8 Å². The summed E-state index contributed by atoms with van der Waals surface area (Å²) in [6, 6.07) is 30.4. The Morgan fingerprint density at radius 2 is 1.28 bits per heavy atom. The van der Waals surface area contributed by atoms with Crippen LogP contribution in [0.3, 0.4) is 0 Å². The van der Waals surface area contributed by atoms with Gasteiger partial charge in [-0.1, -0.05) is 101 Å². The van der Waals surface area contributed by atoms with Crippen LogP contribution in [-0.4, -0.2) is 21.3 Å². The largest absolute Gasteiger partial charge is 0.497 e. The summed E-state index contributed by atoms with van der Waals surface area (Å²) in [6.45, 7) is 9.89. The molecule has 0 atom stereocenters. The zero-order chi connectivity index (χ0) is 37.5. The van der Waals surface area contributed by atoms with Crippen LogP contribution in [0.25, 0.3) is 33.5 Å². The molecule has 4 nitrogen and oxygen atoms in total. The average molecular weight is 715 g/mol. The van der Waals surface area contributed by atoms with Gasteiger partial charge in [0.25, 0.3) is 0 Å². The lowest BCUT2D eigenvalue weighted by molar-refractivity contribution is 0.0642. The summed E-state index contributed by atoms with van der Waals surface area (Å²) in [4.78, 5) is 0. The van der Waals surface area contributed by atoms with Gasteiger partial charge in [0.15, 0.2) is 5.60 Å². The van der Waals surface area contributed by atoms with Crippen molar-refractivity contribution >= 4 is 22.4 Å². The van der Waals surface area contributed by atoms with E-state index in [0.29, 0.717) is 0 Å². The van der Waals surface area contributed by atoms with Crippen LogP contribution in [0.2, 0.25) is 0 Å². The van der Waals surface area contributed by atoms with Crippen LogP contribution in [-0.2, 0) is 11.0 Å². The molecule has 5 aromatic carbocycles. The lowest BCUT2D eigenvalue weighted by Gasteiger charge is -2.52. The fourth-order valence-corrected chi connectivity index (χ4v) is 11.0. The quantitative estimate of drug-likeness (QED) is 0.175. The molecule has 0 saturated heterocycles. The van der Waals surface area contributed by atoms with Crippen LogP contribution in [0.15, 0.2) is 109 Å². The minimum atomic E-state index is -0.920. The molecule has 4 heteroatoms. The first-order valence-electron chi connectivity index (χ1n) is 19.4. The number of allylic oxidation sites excluding steroid dienone is 4. The summed E-state index contributed by atoms with van der Waals surface area (Å²) in [5, 5.41) is 2.26. The smallest absolute Gasteiger partial charge is 0.178 e. The fraction of sp³-hybridized carbons (Fsp3) is 0.320. The second kappa shape index (κ2) is 12.4. The first kappa shape index (κ1) is 34.5. The van der Waals surface area contributed by atoms with Gasteiger partial charge in [-0.25, -0.2) is 0 Å². The molecule has 4 aliphatic rings. The van der Waals surface area contributed by atoms with E-state index in [1.807, 2.05) is 24.3 Å². The molecule has 5 aromatic rings. The Hall–Kier alpha value is -5.22. The lowest BCUT2D eigenvalue weighted by atomic mass is 9.52. The van der Waals surface area contributed by atoms with Gasteiger partial charge in [-0.15, -0.1) is 0 Å². The molecule has 1 spiro atoms. The molecule has 274 valence electrons. The number of hydrogen-bond donors (Lipinski definition) is 0. The summed E-state index contributed by atoms with van der Waals surface area (Å²) in [6.07, 6.45) is 16.9. The number of ether oxygens (including phenoxy) is 4. The van der Waals surface area contributed by atoms with E-state index in [0.717, 1.165) is 70.8 Å². The third-order valence-corrected chi connectivity index (χ3v) is 12.4. The maximum Gasteiger partial charge on any atom is 0.178 e. The van der Waals surface area contributed by atoms with Crippen LogP contribution in [0.1, 0.15) is 93.2 Å². The van der Waals surface area contributed by atoms with Gasteiger partial charge in [-0.2, -0.15) is 0 Å². The third-order valence-electron chi connectivity index (χ3n) is 12.4. The maximum absolute atomic E-state index is 7.75. The molecule has 0 aromatic heterocycles. The van der Waals surface area contributed by atoms with E-state index in [-0.39, 0.29) is 16.2 Å². The van der Waals surface area contributed by atoms with E-state index in [9.17, 15) is 0 Å². The zero-order valence-corrected chi connectivity index (χ0v) is 32.6. The summed E-state index contributed by atoms with van der Waals surface area (Å²) in [5.74, 6) is 3.35. The molecule has 0 N–H and O–H groups in total. The SMILES string of the molecule is COc1ccc(C2(c3ccc(OC)cc3)C=Cc3c4c(c5cc(C6=CCCC=C6)c(OC)cc5c3O2)-c2ccccc2C42CC(C)(C)CC(C)(C)C2)cc1. The normalized spacial score (nSPS) is 19.4. The van der Waals surface area contributed by atoms with Gasteiger partial charge in [0.1, 0.15) is 23.0 Å². The molecule has 0 unspecified atom stereocenters. The molecule has 9 rings (SSSR count). The summed E-state index contributed by atoms with van der Waals surface area (Å²) in [7, 11) is 5.20. The predicted octanol–water partition coefficient (Wildman–Crippen LogP) is 12.5. The third kappa shape index (κ3) is 5.24. The van der Waals surface area contributed by atoms with Crippen LogP contribution in [0, 0.1) is 10.8 Å². The van der Waals surface area contributed by atoms with Crippen molar-refractivity contribution in [1.82, 2.24) is 0 Å². The molecule has 54 heavy (non-hydrogen) atoms. The highest BCUT2D eigenvalue weighted by atomic mass is 16.5. The zero-order valence-electron chi connectivity index (χ0n) is 32.6. The minimum Gasteiger partial charge on any atom is -0.497 e. The van der Waals surface area contributed by atoms with Crippen molar-refractivity contribution in [3.63, 3.8) is 0 Å². The topological polar surface area (TPSA) is 36.9 Å². The average Bonchev–Trinajstić information content (AvgIpc) is 3.44. The van der Waals surface area contributed by atoms with E-state index in [4.69, 9.17) is 18.9 Å². The Morgan fingerprint density at radius 1 is 0.630 bits per heavy atom. The Labute approximate surface area is 320 Å². The molecule has 1 saturated carbocycles. The van der Waals surface area contributed by atoms with E-state index in [2.05, 4.69) is 119 Å². The highest BCUT2D eigenvalue weighted by Crippen LogP contribution is 2.67. The summed E-state index contributed by atoms with van der Waals surface area (Å²) in [5.41, 5.74) is 10.2. The minimum absolute atomic E-state index is 0.135. The first-order chi connectivity index (χ1) is 26.0. The van der Waals surface area contributed by atoms with Crippen molar-refractivity contribution in [2.24, 2.45) is 10.8 Å². The van der Waals surface area contributed by atoms with Crippen molar-refractivity contribution in [2.75, 3.05) is 21.3 Å². The van der Waals surface area contributed by atoms with E-state index < -0.39 is 5.60 Å². The predicted molar refractivity (Wildman–Crippen MR) is 221 cm³/mol. The standard InChI is InChI=1S/C50H50O4/c1-47(2)29-48(3,4)31-49(30-47)42-16-12-11-15-37(42)44-40-27-39(32-13-9-8-10-14-32)43(53-7)28-41(40)46-38(45(44)49)25-26-50(54-46,33-17-21-35(51-5)22-18-33)34-19-23-36(52-6)24-20-34/h9,11-28H,8,10,29-31H2,1-7H3. The number of benzene rings is 5. The van der Waals surface area contributed by atoms with Crippen molar-refractivity contribution < 1.29 is 18.9 Å². The molecule has 3 aliphatic carbocycles. The Kier molecular flexibility index (Phi) is 7.94. The maximum atomic E-state index is 7.75. The molecular weight excluding hydrogens is 665 g/mol. The highest BCUT2D eigenvalue weighted by Gasteiger charge is 2.55. The second-order valence-corrected chi connectivity index (χ2v) is 17.3. The molecule has 0 amide bonds. The molecule has 1 aliphatic heterocycles. The molecular formula is C50H50O4. The Balaban J connectivity index is 1.40. The number of fused-ring (bicyclic) bond motifs is 10. The summed E-state index contributed by atoms with van der Waals surface area (Å²) >= 11 is 0. The van der Waals surface area contributed by atoms with Gasteiger partial charge < -0.3 is 18.9 Å². The van der Waals surface area contributed by atoms with Crippen molar-refractivity contribution in [3.05, 3.63) is 143 Å². The van der Waals surface area contributed by atoms with Crippen molar-refractivity contribution in [1.29, 1.82) is 0 Å². The van der Waals surface area contributed by atoms with E-state index in [1.165, 1.54) is 45.2 Å². The van der Waals surface area contributed by atoms with Gasteiger partial charge in [-0.3, -0.25) is 0 Å². The molecule has 0 bridgehead atoms. The van der Waals surface area contributed by atoms with Gasteiger partial charge in [0, 0.05) is 33.1 Å². The van der Waals surface area contributed by atoms with Crippen molar-refractivity contribution in [3.8, 4) is 34.1 Å². The van der Waals surface area contributed by atoms with Crippen LogP contribution in [0.4, 0.5) is 0 Å². The van der Waals surface area contributed by atoms with Crippen LogP contribution >= 0.6 is 0 Å². The number of hydrogen-bond acceptors (Lipinski definition) is 4. The van der Waals surface area contributed by atoms with Gasteiger partial charge in [-0.05, 0) is 119 Å². The van der Waals surface area contributed by atoms with E-state index in [1.54, 1.807) is 21.3 Å². The van der Waals surface area contributed by atoms with Crippen LogP contribution in [0.5, 0.6) is 23.0 Å². The monoisotopic (exact) mass is 714 g/mol. The highest BCUT2D eigenvalue weighted by molar-refractivity contribution is 6.10. The summed E-state index contributed by atoms with van der Waals surface area (Å²) < 4.78 is 25.2. The Bertz CT molecular complexity index is 2320. The number of rotatable bonds is 6. The van der Waals surface area contributed by atoms with Gasteiger partial charge in [0.05, 0.1) is 21.3 Å². The first-order valence-corrected chi connectivity index (χ1v) is 19.4. The fourth-order valence-electron chi connectivity index (χ4n) is 11.0. The molecule has 0 radical (unpaired) electrons. The van der Waals surface area contributed by atoms with E-state index >= 15 is 0 Å². The van der Waals surface area contributed by atoms with Gasteiger partial charge >= 0.3 is 0 Å². The Morgan fingerprint density at radius 3 is 1.87 bits per heavy atom. The number of methoxy groups -OCH3 is 3. The lowest BCUT2D eigenvalue weighted by Crippen LogP contribution is -2.44. The van der Waals surface area contributed by atoms with Crippen LogP contribution < -0.4 is 18.9 Å².